The molecule has 0 bridgehead atoms. The highest BCUT2D eigenvalue weighted by Crippen LogP contribution is 2.32. The van der Waals surface area contributed by atoms with Crippen LogP contribution in [0.2, 0.25) is 0 Å². The lowest BCUT2D eigenvalue weighted by Crippen LogP contribution is -2.40. The topological polar surface area (TPSA) is 63.6 Å². The molecule has 4 nitrogen and oxygen atoms in total. The lowest BCUT2D eigenvalue weighted by molar-refractivity contribution is -0.152. The average Bonchev–Trinajstić information content (AvgIpc) is 2.69. The number of halogens is 1. The lowest BCUT2D eigenvalue weighted by Gasteiger charge is -2.27. The molecule has 3 aromatic rings. The monoisotopic (exact) mass is 350 g/mol. The van der Waals surface area contributed by atoms with E-state index in [1.165, 1.54) is 6.07 Å². The molecule has 0 aliphatic carbocycles. The summed E-state index contributed by atoms with van der Waals surface area (Å²) in [6, 6.07) is 19.8. The minimum absolute atomic E-state index is 0.123. The van der Waals surface area contributed by atoms with Crippen LogP contribution in [0.5, 0.6) is 5.75 Å². The van der Waals surface area contributed by atoms with Gasteiger partial charge in [-0.25, -0.2) is 9.18 Å². The zero-order valence-electron chi connectivity index (χ0n) is 13.6. The van der Waals surface area contributed by atoms with Gasteiger partial charge in [0.25, 0.3) is 0 Å². The first-order valence-corrected chi connectivity index (χ1v) is 7.86. The maximum absolute atomic E-state index is 13.3. The van der Waals surface area contributed by atoms with Gasteiger partial charge >= 0.3 is 5.97 Å². The molecule has 0 saturated heterocycles. The van der Waals surface area contributed by atoms with Crippen molar-refractivity contribution in [3.05, 3.63) is 101 Å². The number of rotatable bonds is 5. The Morgan fingerprint density at radius 2 is 1.46 bits per heavy atom. The lowest BCUT2D eigenvalue weighted by atomic mass is 9.86. The molecule has 3 aromatic carbocycles. The molecule has 130 valence electrons. The van der Waals surface area contributed by atoms with E-state index in [9.17, 15) is 19.1 Å². The van der Waals surface area contributed by atoms with Crippen LogP contribution in [0.25, 0.3) is 0 Å². The molecule has 3 rings (SSSR count). The van der Waals surface area contributed by atoms with Crippen LogP contribution in [0.3, 0.4) is 0 Å². The first-order valence-electron chi connectivity index (χ1n) is 7.86. The van der Waals surface area contributed by atoms with Gasteiger partial charge in [0, 0.05) is 0 Å². The van der Waals surface area contributed by atoms with E-state index in [0.29, 0.717) is 17.4 Å². The number of esters is 1. The molecule has 26 heavy (non-hydrogen) atoms. The molecule has 5 heteroatoms. The molecule has 0 radical (unpaired) electrons. The summed E-state index contributed by atoms with van der Waals surface area (Å²) >= 11 is 0. The Balaban J connectivity index is 2.06. The van der Waals surface area contributed by atoms with Gasteiger partial charge in [0.05, 0.1) is 5.56 Å². The Morgan fingerprint density at radius 3 is 1.96 bits per heavy atom. The van der Waals surface area contributed by atoms with E-state index in [0.717, 1.165) is 12.1 Å². The zero-order valence-corrected chi connectivity index (χ0v) is 13.6. The Morgan fingerprint density at radius 1 is 0.923 bits per heavy atom. The zero-order chi connectivity index (χ0) is 18.6. The fraction of sp³-hybridized carbons (Fsp3) is 0.0476. The smallest absolute Gasteiger partial charge is 0.353 e. The van der Waals surface area contributed by atoms with Crippen LogP contribution in [0, 0.1) is 5.82 Å². The molecular formula is C21H15FO4. The van der Waals surface area contributed by atoms with Gasteiger partial charge in [0.1, 0.15) is 11.6 Å². The standard InChI is InChI=1S/C21H15FO4/c22-18-11-12-19(15(13-18)14-23)26-20(24)21(25,16-7-3-1-4-8-16)17-9-5-2-6-10-17/h1-14,25H. The van der Waals surface area contributed by atoms with Crippen LogP contribution >= 0.6 is 0 Å². The summed E-state index contributed by atoms with van der Waals surface area (Å²) in [7, 11) is 0. The summed E-state index contributed by atoms with van der Waals surface area (Å²) in [5, 5.41) is 11.3. The molecular weight excluding hydrogens is 335 g/mol. The second-order valence-electron chi connectivity index (χ2n) is 5.63. The van der Waals surface area contributed by atoms with Crippen molar-refractivity contribution >= 4 is 12.3 Å². The first-order chi connectivity index (χ1) is 12.6. The third-order valence-corrected chi connectivity index (χ3v) is 3.98. The number of carbonyl (C=O) groups excluding carboxylic acids is 2. The van der Waals surface area contributed by atoms with Crippen molar-refractivity contribution in [3.8, 4) is 5.75 Å². The molecule has 0 fully saturated rings. The van der Waals surface area contributed by atoms with E-state index in [1.807, 2.05) is 0 Å². The van der Waals surface area contributed by atoms with Crippen molar-refractivity contribution in [1.82, 2.24) is 0 Å². The highest BCUT2D eigenvalue weighted by Gasteiger charge is 2.42. The maximum Gasteiger partial charge on any atom is 0.353 e. The third-order valence-electron chi connectivity index (χ3n) is 3.98. The summed E-state index contributed by atoms with van der Waals surface area (Å²) in [5.41, 5.74) is -1.59. The van der Waals surface area contributed by atoms with Gasteiger partial charge in [-0.1, -0.05) is 60.7 Å². The summed E-state index contributed by atoms with van der Waals surface area (Å²) in [4.78, 5) is 24.0. The van der Waals surface area contributed by atoms with Crippen LogP contribution in [0.4, 0.5) is 4.39 Å². The number of benzene rings is 3. The molecule has 0 heterocycles. The largest absolute Gasteiger partial charge is 0.423 e. The summed E-state index contributed by atoms with van der Waals surface area (Å²) in [6.45, 7) is 0. The van der Waals surface area contributed by atoms with Crippen molar-refractivity contribution < 1.29 is 23.8 Å². The summed E-state index contributed by atoms with van der Waals surface area (Å²) in [5.74, 6) is -1.76. The molecule has 0 amide bonds. The second-order valence-corrected chi connectivity index (χ2v) is 5.63. The predicted molar refractivity (Wildman–Crippen MR) is 93.3 cm³/mol. The van der Waals surface area contributed by atoms with E-state index >= 15 is 0 Å². The van der Waals surface area contributed by atoms with Crippen LogP contribution in [0.1, 0.15) is 21.5 Å². The fourth-order valence-corrected chi connectivity index (χ4v) is 2.64. The van der Waals surface area contributed by atoms with E-state index in [4.69, 9.17) is 4.74 Å². The van der Waals surface area contributed by atoms with Crippen molar-refractivity contribution in [1.29, 1.82) is 0 Å². The number of aliphatic hydroxyl groups is 1. The van der Waals surface area contributed by atoms with Gasteiger partial charge in [-0.15, -0.1) is 0 Å². The minimum atomic E-state index is -2.09. The van der Waals surface area contributed by atoms with Crippen molar-refractivity contribution in [2.75, 3.05) is 0 Å². The maximum atomic E-state index is 13.3. The highest BCUT2D eigenvalue weighted by molar-refractivity contribution is 5.89. The molecule has 0 aliphatic rings. The molecule has 0 saturated carbocycles. The van der Waals surface area contributed by atoms with Gasteiger partial charge in [0.2, 0.25) is 5.60 Å². The van der Waals surface area contributed by atoms with E-state index < -0.39 is 17.4 Å². The van der Waals surface area contributed by atoms with E-state index in [1.54, 1.807) is 60.7 Å². The Kier molecular flexibility index (Phi) is 4.91. The van der Waals surface area contributed by atoms with E-state index in [-0.39, 0.29) is 11.3 Å². The molecule has 0 atom stereocenters. The normalized spacial score (nSPS) is 11.0. The van der Waals surface area contributed by atoms with Crippen LogP contribution in [-0.2, 0) is 10.4 Å². The Labute approximate surface area is 149 Å². The molecule has 1 N–H and O–H groups in total. The van der Waals surface area contributed by atoms with Gasteiger partial charge in [-0.05, 0) is 29.3 Å². The van der Waals surface area contributed by atoms with Crippen molar-refractivity contribution in [2.24, 2.45) is 0 Å². The predicted octanol–water partition coefficient (Wildman–Crippen LogP) is 3.48. The van der Waals surface area contributed by atoms with Crippen molar-refractivity contribution in [2.45, 2.75) is 5.60 Å². The van der Waals surface area contributed by atoms with Crippen LogP contribution in [0.15, 0.2) is 78.9 Å². The molecule has 0 aliphatic heterocycles. The average molecular weight is 350 g/mol. The van der Waals surface area contributed by atoms with Gasteiger partial charge in [0.15, 0.2) is 6.29 Å². The van der Waals surface area contributed by atoms with E-state index in [2.05, 4.69) is 0 Å². The SMILES string of the molecule is O=Cc1cc(F)ccc1OC(=O)C(O)(c1ccccc1)c1ccccc1. The van der Waals surface area contributed by atoms with Gasteiger partial charge in [-0.2, -0.15) is 0 Å². The minimum Gasteiger partial charge on any atom is -0.423 e. The van der Waals surface area contributed by atoms with Crippen molar-refractivity contribution in [3.63, 3.8) is 0 Å². The number of aldehydes is 1. The molecule has 0 aromatic heterocycles. The molecule has 0 spiro atoms. The summed E-state index contributed by atoms with van der Waals surface area (Å²) < 4.78 is 18.6. The number of hydrogen-bond donors (Lipinski definition) is 1. The van der Waals surface area contributed by atoms with Gasteiger partial charge < -0.3 is 9.84 Å². The first kappa shape index (κ1) is 17.5. The molecule has 0 unspecified atom stereocenters. The number of hydrogen-bond acceptors (Lipinski definition) is 4. The number of carbonyl (C=O) groups is 2. The van der Waals surface area contributed by atoms with Crippen LogP contribution < -0.4 is 4.74 Å². The Hall–Kier alpha value is -3.31. The number of ether oxygens (including phenoxy) is 1. The fourth-order valence-electron chi connectivity index (χ4n) is 2.64. The second kappa shape index (κ2) is 7.29. The summed E-state index contributed by atoms with van der Waals surface area (Å²) in [6.07, 6.45) is 0.385. The van der Waals surface area contributed by atoms with Crippen LogP contribution in [-0.4, -0.2) is 17.4 Å². The van der Waals surface area contributed by atoms with Gasteiger partial charge in [-0.3, -0.25) is 4.79 Å². The quantitative estimate of drug-likeness (QED) is 0.435. The highest BCUT2D eigenvalue weighted by atomic mass is 19.1. The Bertz CT molecular complexity index is 884. The third kappa shape index (κ3) is 3.25.